The van der Waals surface area contributed by atoms with Gasteiger partial charge in [-0.3, -0.25) is 4.79 Å². The number of thiazole rings is 1. The third kappa shape index (κ3) is 2.61. The summed E-state index contributed by atoms with van der Waals surface area (Å²) < 4.78 is 6.16. The van der Waals surface area contributed by atoms with Crippen LogP contribution in [0.3, 0.4) is 0 Å². The lowest BCUT2D eigenvalue weighted by atomic mass is 9.79. The standard InChI is InChI=1S/C16H23NO3S/c1-3-20-16(8-4-5-10(2)9-16)15-17-13-11(14(18)19)6-7-12(13)21-15/h10-11H,3-9H2,1-2H3,(H,18,19). The van der Waals surface area contributed by atoms with Gasteiger partial charge in [0.25, 0.3) is 0 Å². The molecule has 0 amide bonds. The highest BCUT2D eigenvalue weighted by Gasteiger charge is 2.42. The van der Waals surface area contributed by atoms with Gasteiger partial charge in [-0.2, -0.15) is 0 Å². The number of ether oxygens (including phenoxy) is 1. The van der Waals surface area contributed by atoms with Gasteiger partial charge >= 0.3 is 5.97 Å². The van der Waals surface area contributed by atoms with Gasteiger partial charge in [-0.1, -0.05) is 13.3 Å². The van der Waals surface area contributed by atoms with Crippen LogP contribution in [0.15, 0.2) is 0 Å². The summed E-state index contributed by atoms with van der Waals surface area (Å²) in [5.41, 5.74) is 0.532. The smallest absolute Gasteiger partial charge is 0.312 e. The predicted molar refractivity (Wildman–Crippen MR) is 81.7 cm³/mol. The van der Waals surface area contributed by atoms with Gasteiger partial charge in [-0.05, 0) is 44.9 Å². The molecule has 1 heterocycles. The molecule has 3 unspecified atom stereocenters. The quantitative estimate of drug-likeness (QED) is 0.921. The van der Waals surface area contributed by atoms with Crippen molar-refractivity contribution in [3.63, 3.8) is 0 Å². The van der Waals surface area contributed by atoms with Crippen LogP contribution < -0.4 is 0 Å². The maximum absolute atomic E-state index is 11.3. The average molecular weight is 309 g/mol. The van der Waals surface area contributed by atoms with Crippen LogP contribution in [0.25, 0.3) is 0 Å². The third-order valence-electron chi connectivity index (χ3n) is 4.78. The molecule has 21 heavy (non-hydrogen) atoms. The zero-order valence-corrected chi connectivity index (χ0v) is 13.5. The molecular weight excluding hydrogens is 286 g/mol. The minimum atomic E-state index is -0.743. The molecule has 0 bridgehead atoms. The summed E-state index contributed by atoms with van der Waals surface area (Å²) in [5, 5.41) is 10.3. The van der Waals surface area contributed by atoms with Crippen molar-refractivity contribution in [1.82, 2.24) is 4.98 Å². The van der Waals surface area contributed by atoms with Gasteiger partial charge in [0.2, 0.25) is 0 Å². The van der Waals surface area contributed by atoms with E-state index in [1.807, 2.05) is 6.92 Å². The molecule has 0 spiro atoms. The SMILES string of the molecule is CCOC1(c2nc3c(s2)CCC3C(=O)O)CCCC(C)C1. The van der Waals surface area contributed by atoms with Crippen LogP contribution in [0.4, 0.5) is 0 Å². The van der Waals surface area contributed by atoms with Gasteiger partial charge in [0.15, 0.2) is 0 Å². The van der Waals surface area contributed by atoms with Crippen LogP contribution in [-0.2, 0) is 21.6 Å². The number of carboxylic acid groups (broad SMARTS) is 1. The molecule has 0 radical (unpaired) electrons. The Morgan fingerprint density at radius 2 is 2.33 bits per heavy atom. The Morgan fingerprint density at radius 1 is 1.52 bits per heavy atom. The van der Waals surface area contributed by atoms with Crippen molar-refractivity contribution >= 4 is 17.3 Å². The van der Waals surface area contributed by atoms with Gasteiger partial charge in [0, 0.05) is 11.5 Å². The van der Waals surface area contributed by atoms with Crippen LogP contribution in [0.5, 0.6) is 0 Å². The minimum Gasteiger partial charge on any atom is -0.481 e. The molecule has 3 atom stereocenters. The molecule has 5 heteroatoms. The summed E-state index contributed by atoms with van der Waals surface area (Å²) in [6, 6.07) is 0. The molecule has 1 aromatic rings. The molecule has 1 fully saturated rings. The molecule has 116 valence electrons. The zero-order valence-electron chi connectivity index (χ0n) is 12.7. The van der Waals surface area contributed by atoms with E-state index in [4.69, 9.17) is 9.72 Å². The summed E-state index contributed by atoms with van der Waals surface area (Å²) in [4.78, 5) is 17.3. The predicted octanol–water partition coefficient (Wildman–Crippen LogP) is 3.70. The lowest BCUT2D eigenvalue weighted by Crippen LogP contribution is -2.35. The second-order valence-electron chi connectivity index (χ2n) is 6.39. The molecule has 0 aliphatic heterocycles. The van der Waals surface area contributed by atoms with Crippen molar-refractivity contribution in [3.05, 3.63) is 15.6 Å². The number of aryl methyl sites for hydroxylation is 1. The minimum absolute atomic E-state index is 0.273. The van der Waals surface area contributed by atoms with Crippen molar-refractivity contribution in [2.24, 2.45) is 5.92 Å². The number of rotatable bonds is 4. The normalized spacial score (nSPS) is 32.1. The van der Waals surface area contributed by atoms with E-state index in [-0.39, 0.29) is 5.60 Å². The van der Waals surface area contributed by atoms with Gasteiger partial charge in [0.1, 0.15) is 16.5 Å². The molecule has 2 aliphatic carbocycles. The van der Waals surface area contributed by atoms with Crippen molar-refractivity contribution in [1.29, 1.82) is 0 Å². The fourth-order valence-corrected chi connectivity index (χ4v) is 5.15. The van der Waals surface area contributed by atoms with E-state index in [1.165, 1.54) is 6.42 Å². The number of aromatic nitrogens is 1. The highest BCUT2D eigenvalue weighted by atomic mass is 32.1. The molecular formula is C16H23NO3S. The van der Waals surface area contributed by atoms with Gasteiger partial charge < -0.3 is 9.84 Å². The molecule has 1 aromatic heterocycles. The summed E-state index contributed by atoms with van der Waals surface area (Å²) >= 11 is 1.69. The van der Waals surface area contributed by atoms with Crippen molar-refractivity contribution in [2.45, 2.75) is 63.9 Å². The largest absolute Gasteiger partial charge is 0.481 e. The fourth-order valence-electron chi connectivity index (χ4n) is 3.83. The van der Waals surface area contributed by atoms with E-state index in [0.717, 1.165) is 41.3 Å². The number of carbonyl (C=O) groups is 1. The second kappa shape index (κ2) is 5.69. The first kappa shape index (κ1) is 15.0. The lowest BCUT2D eigenvalue weighted by molar-refractivity contribution is -0.138. The topological polar surface area (TPSA) is 59.4 Å². The molecule has 3 rings (SSSR count). The first-order chi connectivity index (χ1) is 10.1. The van der Waals surface area contributed by atoms with Crippen LogP contribution in [0.2, 0.25) is 0 Å². The average Bonchev–Trinajstić information content (AvgIpc) is 2.98. The van der Waals surface area contributed by atoms with Crippen molar-refractivity contribution in [2.75, 3.05) is 6.61 Å². The number of carboxylic acids is 1. The number of hydrogen-bond acceptors (Lipinski definition) is 4. The van der Waals surface area contributed by atoms with Crippen molar-refractivity contribution in [3.8, 4) is 0 Å². The Morgan fingerprint density at radius 3 is 3.00 bits per heavy atom. The number of fused-ring (bicyclic) bond motifs is 1. The van der Waals surface area contributed by atoms with Gasteiger partial charge in [-0.25, -0.2) is 4.98 Å². The fraction of sp³-hybridized carbons (Fsp3) is 0.750. The Labute approximate surface area is 129 Å². The molecule has 0 saturated heterocycles. The van der Waals surface area contributed by atoms with E-state index in [1.54, 1.807) is 11.3 Å². The first-order valence-corrected chi connectivity index (χ1v) is 8.74. The maximum Gasteiger partial charge on any atom is 0.312 e. The highest BCUT2D eigenvalue weighted by Crippen LogP contribution is 2.47. The Hall–Kier alpha value is -0.940. The summed E-state index contributed by atoms with van der Waals surface area (Å²) in [6.07, 6.45) is 5.97. The third-order valence-corrected chi connectivity index (χ3v) is 6.10. The van der Waals surface area contributed by atoms with Crippen LogP contribution in [-0.4, -0.2) is 22.7 Å². The van der Waals surface area contributed by atoms with Crippen LogP contribution in [0, 0.1) is 5.92 Å². The molecule has 4 nitrogen and oxygen atoms in total. The number of nitrogens with zero attached hydrogens (tertiary/aromatic N) is 1. The molecule has 1 N–H and O–H groups in total. The highest BCUT2D eigenvalue weighted by molar-refractivity contribution is 7.12. The Balaban J connectivity index is 1.94. The summed E-state index contributed by atoms with van der Waals surface area (Å²) in [7, 11) is 0. The summed E-state index contributed by atoms with van der Waals surface area (Å²) in [5.74, 6) is -0.517. The van der Waals surface area contributed by atoms with Crippen LogP contribution in [0.1, 0.15) is 67.4 Å². The Bertz CT molecular complexity index is 538. The van der Waals surface area contributed by atoms with Gasteiger partial charge in [-0.15, -0.1) is 11.3 Å². The van der Waals surface area contributed by atoms with E-state index in [0.29, 0.717) is 18.9 Å². The zero-order chi connectivity index (χ0) is 15.0. The van der Waals surface area contributed by atoms with Crippen molar-refractivity contribution < 1.29 is 14.6 Å². The van der Waals surface area contributed by atoms with E-state index >= 15 is 0 Å². The molecule has 2 aliphatic rings. The van der Waals surface area contributed by atoms with Crippen LogP contribution >= 0.6 is 11.3 Å². The second-order valence-corrected chi connectivity index (χ2v) is 7.47. The first-order valence-electron chi connectivity index (χ1n) is 7.92. The molecule has 1 saturated carbocycles. The lowest BCUT2D eigenvalue weighted by Gasteiger charge is -2.38. The Kier molecular flexibility index (Phi) is 4.06. The monoisotopic (exact) mass is 309 g/mol. The molecule has 0 aromatic carbocycles. The number of aliphatic carboxylic acids is 1. The number of hydrogen-bond donors (Lipinski definition) is 1. The van der Waals surface area contributed by atoms with E-state index in [2.05, 4.69) is 6.92 Å². The van der Waals surface area contributed by atoms with Gasteiger partial charge in [0.05, 0.1) is 5.69 Å². The summed E-state index contributed by atoms with van der Waals surface area (Å²) in [6.45, 7) is 4.98. The maximum atomic E-state index is 11.3. The van der Waals surface area contributed by atoms with E-state index in [9.17, 15) is 9.90 Å². The van der Waals surface area contributed by atoms with E-state index < -0.39 is 11.9 Å².